The van der Waals surface area contributed by atoms with Crippen molar-refractivity contribution in [1.29, 1.82) is 0 Å². The first-order valence-electron chi connectivity index (χ1n) is 5.62. The van der Waals surface area contributed by atoms with Crippen LogP contribution in [0.3, 0.4) is 0 Å². The van der Waals surface area contributed by atoms with E-state index in [0.717, 1.165) is 19.3 Å². The first kappa shape index (κ1) is 13.0. The molecule has 0 radical (unpaired) electrons. The molecule has 1 aromatic carbocycles. The molecule has 0 aliphatic carbocycles. The Balaban J connectivity index is 2.23. The number of halogens is 1. The van der Waals surface area contributed by atoms with E-state index in [9.17, 15) is 4.79 Å². The van der Waals surface area contributed by atoms with Gasteiger partial charge in [-0.1, -0.05) is 31.4 Å². The Bertz CT molecular complexity index is 319. The molecule has 0 aliphatic rings. The van der Waals surface area contributed by atoms with Crippen LogP contribution >= 0.6 is 11.6 Å². The van der Waals surface area contributed by atoms with Crippen LogP contribution in [0.5, 0.6) is 5.75 Å². The Labute approximate surface area is 102 Å². The predicted molar refractivity (Wildman–Crippen MR) is 66.1 cm³/mol. The monoisotopic (exact) mass is 240 g/mol. The summed E-state index contributed by atoms with van der Waals surface area (Å²) in [6.45, 7) is 2.28. The number of hydrogen-bond donors (Lipinski definition) is 0. The van der Waals surface area contributed by atoms with E-state index in [4.69, 9.17) is 16.3 Å². The maximum absolute atomic E-state index is 11.4. The summed E-state index contributed by atoms with van der Waals surface area (Å²) in [5.74, 6) is 0.844. The first-order valence-corrected chi connectivity index (χ1v) is 6.00. The number of carbonyl (C=O) groups is 1. The molecular weight excluding hydrogens is 224 g/mol. The lowest BCUT2D eigenvalue weighted by molar-refractivity contribution is -0.121. The molecule has 0 aliphatic heterocycles. The van der Waals surface area contributed by atoms with Crippen LogP contribution in [0.2, 0.25) is 5.02 Å². The van der Waals surface area contributed by atoms with E-state index in [-0.39, 0.29) is 12.4 Å². The second-order valence-electron chi connectivity index (χ2n) is 3.74. The fourth-order valence-corrected chi connectivity index (χ4v) is 1.46. The molecule has 0 saturated heterocycles. The molecule has 0 heterocycles. The standard InChI is InChI=1S/C13H17ClO2/c1-2-3-4-5-12(15)10-16-13-8-6-11(14)7-9-13/h6-9H,2-5,10H2,1H3. The fraction of sp³-hybridized carbons (Fsp3) is 0.462. The molecule has 88 valence electrons. The minimum atomic E-state index is 0.156. The summed E-state index contributed by atoms with van der Waals surface area (Å²) in [4.78, 5) is 11.4. The maximum Gasteiger partial charge on any atom is 0.170 e. The van der Waals surface area contributed by atoms with Gasteiger partial charge in [0.1, 0.15) is 12.4 Å². The van der Waals surface area contributed by atoms with Gasteiger partial charge in [-0.3, -0.25) is 4.79 Å². The molecule has 0 fully saturated rings. The molecule has 1 aromatic rings. The van der Waals surface area contributed by atoms with Crippen LogP contribution in [-0.2, 0) is 4.79 Å². The summed E-state index contributed by atoms with van der Waals surface area (Å²) >= 11 is 5.74. The lowest BCUT2D eigenvalue weighted by atomic mass is 10.1. The van der Waals surface area contributed by atoms with Crippen LogP contribution in [0.25, 0.3) is 0 Å². The molecule has 0 atom stereocenters. The second-order valence-corrected chi connectivity index (χ2v) is 4.17. The number of ether oxygens (including phenoxy) is 1. The summed E-state index contributed by atoms with van der Waals surface area (Å²) in [6.07, 6.45) is 3.80. The molecule has 0 spiro atoms. The smallest absolute Gasteiger partial charge is 0.170 e. The zero-order chi connectivity index (χ0) is 11.8. The highest BCUT2D eigenvalue weighted by atomic mass is 35.5. The van der Waals surface area contributed by atoms with Gasteiger partial charge in [-0.25, -0.2) is 0 Å². The van der Waals surface area contributed by atoms with Crippen molar-refractivity contribution in [2.24, 2.45) is 0 Å². The van der Waals surface area contributed by atoms with Gasteiger partial charge in [-0.2, -0.15) is 0 Å². The highest BCUT2D eigenvalue weighted by molar-refractivity contribution is 6.30. The van der Waals surface area contributed by atoms with Crippen molar-refractivity contribution in [3.05, 3.63) is 29.3 Å². The average Bonchev–Trinajstić information content (AvgIpc) is 2.29. The minimum absolute atomic E-state index is 0.156. The summed E-state index contributed by atoms with van der Waals surface area (Å²) in [6, 6.07) is 7.03. The zero-order valence-corrected chi connectivity index (χ0v) is 10.3. The van der Waals surface area contributed by atoms with Crippen LogP contribution in [-0.4, -0.2) is 12.4 Å². The van der Waals surface area contributed by atoms with E-state index in [2.05, 4.69) is 6.92 Å². The van der Waals surface area contributed by atoms with Crippen molar-refractivity contribution in [3.63, 3.8) is 0 Å². The number of hydrogen-bond acceptors (Lipinski definition) is 2. The molecule has 16 heavy (non-hydrogen) atoms. The summed E-state index contributed by atoms with van der Waals surface area (Å²) in [5.41, 5.74) is 0. The third-order valence-electron chi connectivity index (χ3n) is 2.27. The Morgan fingerprint density at radius 1 is 1.25 bits per heavy atom. The van der Waals surface area contributed by atoms with Crippen molar-refractivity contribution in [1.82, 2.24) is 0 Å². The average molecular weight is 241 g/mol. The Hall–Kier alpha value is -1.02. The van der Waals surface area contributed by atoms with E-state index in [1.165, 1.54) is 0 Å². The van der Waals surface area contributed by atoms with Crippen molar-refractivity contribution >= 4 is 17.4 Å². The van der Waals surface area contributed by atoms with E-state index < -0.39 is 0 Å². The Kier molecular flexibility index (Phi) is 5.94. The number of carbonyl (C=O) groups excluding carboxylic acids is 1. The van der Waals surface area contributed by atoms with Crippen LogP contribution in [0.15, 0.2) is 24.3 Å². The number of rotatable bonds is 7. The molecule has 0 aromatic heterocycles. The topological polar surface area (TPSA) is 26.3 Å². The van der Waals surface area contributed by atoms with Gasteiger partial charge in [0.2, 0.25) is 0 Å². The lowest BCUT2D eigenvalue weighted by Crippen LogP contribution is -2.10. The maximum atomic E-state index is 11.4. The summed E-state index contributed by atoms with van der Waals surface area (Å²) in [5, 5.41) is 0.668. The van der Waals surface area contributed by atoms with Crippen molar-refractivity contribution < 1.29 is 9.53 Å². The number of ketones is 1. The molecule has 0 saturated carbocycles. The normalized spacial score (nSPS) is 10.1. The number of benzene rings is 1. The molecule has 0 bridgehead atoms. The van der Waals surface area contributed by atoms with Crippen LogP contribution in [0, 0.1) is 0 Å². The number of unbranched alkanes of at least 4 members (excludes halogenated alkanes) is 2. The van der Waals surface area contributed by atoms with Crippen molar-refractivity contribution in [3.8, 4) is 5.75 Å². The van der Waals surface area contributed by atoms with Gasteiger partial charge in [-0.05, 0) is 30.7 Å². The van der Waals surface area contributed by atoms with Gasteiger partial charge in [0.15, 0.2) is 5.78 Å². The van der Waals surface area contributed by atoms with Crippen LogP contribution in [0.4, 0.5) is 0 Å². The van der Waals surface area contributed by atoms with Gasteiger partial charge >= 0.3 is 0 Å². The lowest BCUT2D eigenvalue weighted by Gasteiger charge is -2.05. The highest BCUT2D eigenvalue weighted by Crippen LogP contribution is 2.15. The molecule has 0 unspecified atom stereocenters. The summed E-state index contributed by atoms with van der Waals surface area (Å²) < 4.78 is 5.35. The van der Waals surface area contributed by atoms with Gasteiger partial charge in [0.25, 0.3) is 0 Å². The zero-order valence-electron chi connectivity index (χ0n) is 9.54. The molecule has 1 rings (SSSR count). The van der Waals surface area contributed by atoms with E-state index >= 15 is 0 Å². The van der Waals surface area contributed by atoms with Gasteiger partial charge in [-0.15, -0.1) is 0 Å². The molecule has 0 amide bonds. The molecule has 0 N–H and O–H groups in total. The fourth-order valence-electron chi connectivity index (χ4n) is 1.34. The van der Waals surface area contributed by atoms with Crippen LogP contribution in [0.1, 0.15) is 32.6 Å². The molecule has 2 nitrogen and oxygen atoms in total. The minimum Gasteiger partial charge on any atom is -0.486 e. The summed E-state index contributed by atoms with van der Waals surface area (Å²) in [7, 11) is 0. The SMILES string of the molecule is CCCCCC(=O)COc1ccc(Cl)cc1. The van der Waals surface area contributed by atoms with E-state index in [1.807, 2.05) is 0 Å². The van der Waals surface area contributed by atoms with Gasteiger partial charge in [0.05, 0.1) is 0 Å². The van der Waals surface area contributed by atoms with Gasteiger partial charge < -0.3 is 4.74 Å². The van der Waals surface area contributed by atoms with Gasteiger partial charge in [0, 0.05) is 11.4 Å². The first-order chi connectivity index (χ1) is 7.72. The quantitative estimate of drug-likeness (QED) is 0.677. The van der Waals surface area contributed by atoms with Crippen LogP contribution < -0.4 is 4.74 Å². The Morgan fingerprint density at radius 3 is 2.56 bits per heavy atom. The van der Waals surface area contributed by atoms with E-state index in [1.54, 1.807) is 24.3 Å². The van der Waals surface area contributed by atoms with Crippen molar-refractivity contribution in [2.45, 2.75) is 32.6 Å². The number of Topliss-reactive ketones (excluding diaryl/α,β-unsaturated/α-hetero) is 1. The Morgan fingerprint density at radius 2 is 1.94 bits per heavy atom. The van der Waals surface area contributed by atoms with Crippen molar-refractivity contribution in [2.75, 3.05) is 6.61 Å². The molecular formula is C13H17ClO2. The predicted octanol–water partition coefficient (Wildman–Crippen LogP) is 3.87. The second kappa shape index (κ2) is 7.29. The molecule has 3 heteroatoms. The largest absolute Gasteiger partial charge is 0.486 e. The third-order valence-corrected chi connectivity index (χ3v) is 2.52. The highest BCUT2D eigenvalue weighted by Gasteiger charge is 2.02. The third kappa shape index (κ3) is 5.17. The van der Waals surface area contributed by atoms with E-state index in [0.29, 0.717) is 17.2 Å².